The molecule has 2 rings (SSSR count). The van der Waals surface area contributed by atoms with E-state index in [0.29, 0.717) is 12.4 Å². The Morgan fingerprint density at radius 2 is 2.50 bits per heavy atom. The van der Waals surface area contributed by atoms with E-state index in [1.807, 2.05) is 14.0 Å². The number of carbonyl (C=O) groups is 1. The van der Waals surface area contributed by atoms with Crippen LogP contribution in [0.3, 0.4) is 0 Å². The summed E-state index contributed by atoms with van der Waals surface area (Å²) >= 11 is 0. The number of anilines is 1. The van der Waals surface area contributed by atoms with E-state index in [0.717, 1.165) is 26.1 Å². The molecular weight excluding hydrogens is 232 g/mol. The Morgan fingerprint density at radius 1 is 1.67 bits per heavy atom. The highest BCUT2D eigenvalue weighted by Crippen LogP contribution is 2.06. The van der Waals surface area contributed by atoms with Crippen molar-refractivity contribution < 1.29 is 9.53 Å². The van der Waals surface area contributed by atoms with Crippen molar-refractivity contribution in [3.05, 3.63) is 12.3 Å². The third-order valence-corrected chi connectivity index (χ3v) is 2.88. The van der Waals surface area contributed by atoms with Crippen LogP contribution in [0.15, 0.2) is 12.3 Å². The lowest BCUT2D eigenvalue weighted by Gasteiger charge is -2.20. The van der Waals surface area contributed by atoms with Gasteiger partial charge in [-0.05, 0) is 13.3 Å². The van der Waals surface area contributed by atoms with E-state index < -0.39 is 0 Å². The minimum atomic E-state index is -0.0252. The number of rotatable bonds is 3. The lowest BCUT2D eigenvalue weighted by Crippen LogP contribution is -2.37. The average molecular weight is 252 g/mol. The van der Waals surface area contributed by atoms with Crippen LogP contribution in [-0.2, 0) is 16.6 Å². The molecule has 2 heterocycles. The highest BCUT2D eigenvalue weighted by Gasteiger charge is 2.17. The van der Waals surface area contributed by atoms with Crippen LogP contribution in [0.2, 0.25) is 0 Å². The fourth-order valence-electron chi connectivity index (χ4n) is 2.09. The topological polar surface area (TPSA) is 59.4 Å². The lowest BCUT2D eigenvalue weighted by atomic mass is 10.3. The standard InChI is InChI=1S/C12H20N4O2/c1-10-8-16(5-3-7-18-10)9-12(17)13-11-4-6-15(2)14-11/h4,6,10H,3,5,7-9H2,1-2H3,(H,13,14,17)/t10-/m0/s1. The quantitative estimate of drug-likeness (QED) is 0.849. The maximum atomic E-state index is 11.9. The van der Waals surface area contributed by atoms with E-state index in [-0.39, 0.29) is 12.0 Å². The van der Waals surface area contributed by atoms with Crippen molar-refractivity contribution in [3.8, 4) is 0 Å². The number of nitrogens with zero attached hydrogens (tertiary/aromatic N) is 3. The van der Waals surface area contributed by atoms with Gasteiger partial charge in [-0.3, -0.25) is 14.4 Å². The first kappa shape index (κ1) is 13.0. The van der Waals surface area contributed by atoms with Gasteiger partial charge in [0.05, 0.1) is 12.6 Å². The number of hydrogen-bond acceptors (Lipinski definition) is 4. The minimum absolute atomic E-state index is 0.0252. The Labute approximate surface area is 107 Å². The fraction of sp³-hybridized carbons (Fsp3) is 0.667. The molecule has 0 aromatic carbocycles. The van der Waals surface area contributed by atoms with Gasteiger partial charge in [0.15, 0.2) is 5.82 Å². The Bertz CT molecular complexity index is 405. The third kappa shape index (κ3) is 3.82. The Kier molecular flexibility index (Phi) is 4.33. The predicted molar refractivity (Wildman–Crippen MR) is 68.3 cm³/mol. The van der Waals surface area contributed by atoms with Gasteiger partial charge in [-0.1, -0.05) is 0 Å². The molecule has 100 valence electrons. The summed E-state index contributed by atoms with van der Waals surface area (Å²) in [6, 6.07) is 1.78. The van der Waals surface area contributed by atoms with E-state index >= 15 is 0 Å². The van der Waals surface area contributed by atoms with Gasteiger partial charge in [-0.15, -0.1) is 0 Å². The van der Waals surface area contributed by atoms with Crippen LogP contribution < -0.4 is 5.32 Å². The molecule has 1 N–H and O–H groups in total. The molecule has 1 aromatic rings. The highest BCUT2D eigenvalue weighted by molar-refractivity contribution is 5.91. The number of ether oxygens (including phenoxy) is 1. The monoisotopic (exact) mass is 252 g/mol. The van der Waals surface area contributed by atoms with Gasteiger partial charge in [0.25, 0.3) is 0 Å². The number of aryl methyl sites for hydroxylation is 1. The number of hydrogen-bond donors (Lipinski definition) is 1. The largest absolute Gasteiger partial charge is 0.377 e. The number of carbonyl (C=O) groups excluding carboxylic acids is 1. The van der Waals surface area contributed by atoms with Gasteiger partial charge in [0.2, 0.25) is 5.91 Å². The number of amides is 1. The summed E-state index contributed by atoms with van der Waals surface area (Å²) in [4.78, 5) is 14.0. The fourth-order valence-corrected chi connectivity index (χ4v) is 2.09. The second-order valence-electron chi connectivity index (χ2n) is 4.69. The average Bonchev–Trinajstić information content (AvgIpc) is 2.57. The molecule has 0 unspecified atom stereocenters. The van der Waals surface area contributed by atoms with Crippen molar-refractivity contribution in [2.45, 2.75) is 19.4 Å². The second kappa shape index (κ2) is 5.97. The van der Waals surface area contributed by atoms with Crippen LogP contribution in [-0.4, -0.2) is 52.9 Å². The lowest BCUT2D eigenvalue weighted by molar-refractivity contribution is -0.117. The number of nitrogens with one attached hydrogen (secondary N) is 1. The summed E-state index contributed by atoms with van der Waals surface area (Å²) in [6.45, 7) is 4.91. The molecule has 0 saturated carbocycles. The van der Waals surface area contributed by atoms with E-state index in [2.05, 4.69) is 15.3 Å². The third-order valence-electron chi connectivity index (χ3n) is 2.88. The van der Waals surface area contributed by atoms with Crippen LogP contribution >= 0.6 is 0 Å². The molecule has 1 fully saturated rings. The first-order chi connectivity index (χ1) is 8.63. The zero-order chi connectivity index (χ0) is 13.0. The second-order valence-corrected chi connectivity index (χ2v) is 4.69. The molecule has 0 spiro atoms. The van der Waals surface area contributed by atoms with Gasteiger partial charge in [0.1, 0.15) is 0 Å². The van der Waals surface area contributed by atoms with E-state index in [9.17, 15) is 4.79 Å². The van der Waals surface area contributed by atoms with Crippen LogP contribution in [0.1, 0.15) is 13.3 Å². The summed E-state index contributed by atoms with van der Waals surface area (Å²) < 4.78 is 7.21. The molecule has 1 atom stereocenters. The number of aromatic nitrogens is 2. The summed E-state index contributed by atoms with van der Waals surface area (Å²) in [5, 5.41) is 6.91. The van der Waals surface area contributed by atoms with Crippen molar-refractivity contribution >= 4 is 11.7 Å². The van der Waals surface area contributed by atoms with E-state index in [1.165, 1.54) is 0 Å². The van der Waals surface area contributed by atoms with Gasteiger partial charge in [0, 0.05) is 39.0 Å². The van der Waals surface area contributed by atoms with Crippen molar-refractivity contribution in [2.75, 3.05) is 31.6 Å². The van der Waals surface area contributed by atoms with Crippen LogP contribution in [0.5, 0.6) is 0 Å². The Hall–Kier alpha value is -1.40. The van der Waals surface area contributed by atoms with Gasteiger partial charge in [-0.2, -0.15) is 5.10 Å². The summed E-state index contributed by atoms with van der Waals surface area (Å²) in [7, 11) is 1.82. The Balaban J connectivity index is 1.82. The highest BCUT2D eigenvalue weighted by atomic mass is 16.5. The summed E-state index contributed by atoms with van der Waals surface area (Å²) in [6.07, 6.45) is 2.97. The SMILES string of the molecule is C[C@H]1CN(CC(=O)Nc2ccn(C)n2)CCCO1. The molecular formula is C12H20N4O2. The van der Waals surface area contributed by atoms with Crippen LogP contribution in [0.25, 0.3) is 0 Å². The van der Waals surface area contributed by atoms with Crippen molar-refractivity contribution in [2.24, 2.45) is 7.05 Å². The van der Waals surface area contributed by atoms with Crippen molar-refractivity contribution in [1.29, 1.82) is 0 Å². The molecule has 1 saturated heterocycles. The van der Waals surface area contributed by atoms with Gasteiger partial charge in [-0.25, -0.2) is 0 Å². The molecule has 6 nitrogen and oxygen atoms in total. The summed E-state index contributed by atoms with van der Waals surface area (Å²) in [5.74, 6) is 0.574. The maximum absolute atomic E-state index is 11.9. The Morgan fingerprint density at radius 3 is 3.22 bits per heavy atom. The van der Waals surface area contributed by atoms with Gasteiger partial charge < -0.3 is 10.1 Å². The van der Waals surface area contributed by atoms with Gasteiger partial charge >= 0.3 is 0 Å². The van der Waals surface area contributed by atoms with E-state index in [1.54, 1.807) is 16.9 Å². The smallest absolute Gasteiger partial charge is 0.239 e. The summed E-state index contributed by atoms with van der Waals surface area (Å²) in [5.41, 5.74) is 0. The minimum Gasteiger partial charge on any atom is -0.377 e. The van der Waals surface area contributed by atoms with E-state index in [4.69, 9.17) is 4.74 Å². The zero-order valence-corrected chi connectivity index (χ0v) is 10.9. The van der Waals surface area contributed by atoms with Crippen molar-refractivity contribution in [3.63, 3.8) is 0 Å². The molecule has 6 heteroatoms. The molecule has 0 radical (unpaired) electrons. The molecule has 0 aliphatic carbocycles. The molecule has 1 aliphatic rings. The zero-order valence-electron chi connectivity index (χ0n) is 10.9. The first-order valence-electron chi connectivity index (χ1n) is 6.27. The maximum Gasteiger partial charge on any atom is 0.239 e. The molecule has 1 amide bonds. The van der Waals surface area contributed by atoms with Crippen LogP contribution in [0.4, 0.5) is 5.82 Å². The normalized spacial score (nSPS) is 21.6. The van der Waals surface area contributed by atoms with Crippen molar-refractivity contribution in [1.82, 2.24) is 14.7 Å². The predicted octanol–water partition coefficient (Wildman–Crippen LogP) is 0.469. The van der Waals surface area contributed by atoms with Crippen LogP contribution in [0, 0.1) is 0 Å². The molecule has 18 heavy (non-hydrogen) atoms. The molecule has 1 aromatic heterocycles. The first-order valence-corrected chi connectivity index (χ1v) is 6.27. The molecule has 0 bridgehead atoms. The molecule has 1 aliphatic heterocycles.